The number of hydrogen-bond acceptors (Lipinski definition) is 3. The van der Waals surface area contributed by atoms with Gasteiger partial charge in [-0.2, -0.15) is 0 Å². The van der Waals surface area contributed by atoms with Crippen LogP contribution in [0.1, 0.15) is 36.1 Å². The van der Waals surface area contributed by atoms with Crippen molar-refractivity contribution in [3.8, 4) is 11.4 Å². The number of furan rings is 1. The van der Waals surface area contributed by atoms with Crippen molar-refractivity contribution in [1.29, 1.82) is 0 Å². The normalized spacial score (nSPS) is 15.5. The topological polar surface area (TPSA) is 47.7 Å². The fourth-order valence-electron chi connectivity index (χ4n) is 11.2. The predicted octanol–water partition coefficient (Wildman–Crippen LogP) is 16.1. The summed E-state index contributed by atoms with van der Waals surface area (Å²) >= 11 is 0. The van der Waals surface area contributed by atoms with Crippen LogP contribution in [0, 0.1) is 5.92 Å². The van der Waals surface area contributed by atoms with Crippen LogP contribution in [0.4, 0.5) is 0 Å². The van der Waals surface area contributed by atoms with Crippen molar-refractivity contribution >= 4 is 98.6 Å². The minimum Gasteiger partial charge on any atom is -0.456 e. The number of amidine groups is 1. The lowest BCUT2D eigenvalue weighted by Gasteiger charge is -2.31. The van der Waals surface area contributed by atoms with Gasteiger partial charge in [-0.3, -0.25) is 4.99 Å². The minimum absolute atomic E-state index is 0.0160. The van der Waals surface area contributed by atoms with Crippen molar-refractivity contribution in [2.24, 2.45) is 15.9 Å². The Morgan fingerprint density at radius 2 is 1.10 bits per heavy atom. The molecule has 0 aliphatic carbocycles. The minimum atomic E-state index is -0.260. The number of rotatable bonds is 6. The highest BCUT2D eigenvalue weighted by Crippen LogP contribution is 2.45. The van der Waals surface area contributed by atoms with E-state index < -0.39 is 0 Å². The van der Waals surface area contributed by atoms with E-state index in [0.29, 0.717) is 5.84 Å². The van der Waals surface area contributed by atoms with Crippen LogP contribution in [0.25, 0.3) is 98.5 Å². The first-order valence-electron chi connectivity index (χ1n) is 23.3. The Hall–Kier alpha value is -8.54. The molecule has 0 amide bonds. The molecule has 67 heavy (non-hydrogen) atoms. The molecule has 4 heterocycles. The highest BCUT2D eigenvalue weighted by molar-refractivity contribution is 6.21. The van der Waals surface area contributed by atoms with Crippen LogP contribution in [-0.4, -0.2) is 20.7 Å². The lowest BCUT2D eigenvalue weighted by molar-refractivity contribution is 0.534. The van der Waals surface area contributed by atoms with Gasteiger partial charge >= 0.3 is 0 Å². The van der Waals surface area contributed by atoms with E-state index in [0.717, 1.165) is 67.6 Å². The Morgan fingerprint density at radius 3 is 1.90 bits per heavy atom. The van der Waals surface area contributed by atoms with E-state index in [4.69, 9.17) is 14.4 Å². The standard InChI is InChI=1S/C62H42N4O/c1-2-45-59(42-32-31-38-17-6-7-18-39(38)33-42)63-62(64-60(45)50-27-16-26-48-46-23-10-13-28-52(46)65(61(48)50)44-21-4-3-5-22-44)43-36-55(58-49-25-12-15-30-56(49)67-57(58)37-43)66-53-29-14-11-24-47(53)51-34-40-19-8-9-20-41(40)35-54(51)66/h3-37,45,60H,2H2,1H3. The smallest absolute Gasteiger partial charge is 0.155 e. The van der Waals surface area contributed by atoms with Gasteiger partial charge in [0.05, 0.1) is 44.9 Å². The Balaban J connectivity index is 1.08. The Labute approximate surface area is 386 Å². The maximum atomic E-state index is 6.87. The van der Waals surface area contributed by atoms with Gasteiger partial charge in [-0.05, 0) is 94.2 Å². The van der Waals surface area contributed by atoms with Gasteiger partial charge in [0.15, 0.2) is 5.84 Å². The van der Waals surface area contributed by atoms with Crippen molar-refractivity contribution in [1.82, 2.24) is 9.13 Å². The number of hydrogen-bond donors (Lipinski definition) is 0. The van der Waals surface area contributed by atoms with Gasteiger partial charge in [0, 0.05) is 49.7 Å². The second-order valence-corrected chi connectivity index (χ2v) is 17.9. The molecule has 0 spiro atoms. The molecule has 316 valence electrons. The highest BCUT2D eigenvalue weighted by Gasteiger charge is 2.35. The third kappa shape index (κ3) is 5.74. The molecule has 1 aliphatic rings. The van der Waals surface area contributed by atoms with Crippen LogP contribution in [0.3, 0.4) is 0 Å². The Bertz CT molecular complexity index is 4220. The summed E-state index contributed by atoms with van der Waals surface area (Å²) in [7, 11) is 0. The van der Waals surface area contributed by atoms with Crippen LogP contribution in [-0.2, 0) is 0 Å². The molecule has 0 radical (unpaired) electrons. The first-order chi connectivity index (χ1) is 33.2. The number of aromatic nitrogens is 2. The van der Waals surface area contributed by atoms with Gasteiger partial charge in [0.2, 0.25) is 0 Å². The van der Waals surface area contributed by atoms with Crippen molar-refractivity contribution < 1.29 is 4.42 Å². The van der Waals surface area contributed by atoms with E-state index in [1.165, 1.54) is 59.7 Å². The summed E-state index contributed by atoms with van der Waals surface area (Å²) in [6.45, 7) is 2.28. The van der Waals surface area contributed by atoms with Gasteiger partial charge in [-0.25, -0.2) is 4.99 Å². The molecule has 5 heteroatoms. The number of aliphatic imine (C=N–C) groups is 2. The predicted molar refractivity (Wildman–Crippen MR) is 280 cm³/mol. The monoisotopic (exact) mass is 858 g/mol. The molecule has 0 N–H and O–H groups in total. The van der Waals surface area contributed by atoms with Crippen molar-refractivity contribution in [2.75, 3.05) is 0 Å². The van der Waals surface area contributed by atoms with E-state index in [9.17, 15) is 0 Å². The van der Waals surface area contributed by atoms with E-state index in [-0.39, 0.29) is 12.0 Å². The van der Waals surface area contributed by atoms with E-state index in [1.807, 2.05) is 6.07 Å². The van der Waals surface area contributed by atoms with E-state index >= 15 is 0 Å². The third-order valence-corrected chi connectivity index (χ3v) is 14.3. The molecule has 1 aliphatic heterocycles. The largest absolute Gasteiger partial charge is 0.456 e. The second-order valence-electron chi connectivity index (χ2n) is 17.9. The van der Waals surface area contributed by atoms with Crippen LogP contribution in [0.5, 0.6) is 0 Å². The van der Waals surface area contributed by atoms with Gasteiger partial charge in [-0.1, -0.05) is 159 Å². The number of benzene rings is 10. The molecule has 2 unspecified atom stereocenters. The summed E-state index contributed by atoms with van der Waals surface area (Å²) in [6.07, 6.45) is 0.845. The zero-order valence-electron chi connectivity index (χ0n) is 36.8. The zero-order valence-corrected chi connectivity index (χ0v) is 36.8. The lowest BCUT2D eigenvalue weighted by Crippen LogP contribution is -2.28. The highest BCUT2D eigenvalue weighted by atomic mass is 16.3. The fourth-order valence-corrected chi connectivity index (χ4v) is 11.2. The summed E-state index contributed by atoms with van der Waals surface area (Å²) in [6, 6.07) is 76.4. The van der Waals surface area contributed by atoms with Crippen molar-refractivity contribution in [2.45, 2.75) is 19.4 Å². The summed E-state index contributed by atoms with van der Waals surface area (Å²) in [5.41, 5.74) is 12.6. The average molecular weight is 859 g/mol. The van der Waals surface area contributed by atoms with Gasteiger partial charge in [0.25, 0.3) is 0 Å². The zero-order chi connectivity index (χ0) is 44.2. The molecule has 13 aromatic rings. The molecule has 14 rings (SSSR count). The third-order valence-electron chi connectivity index (χ3n) is 14.3. The molecular formula is C62H42N4O. The first kappa shape index (κ1) is 37.8. The SMILES string of the molecule is CCC1C(c2ccc3ccccc3c2)=NC(c2cc(-n3c4ccccc4c4cc5ccccc5cc43)c3c(c2)oc2ccccc23)=NC1c1cccc2c3ccccc3n(-c3ccccc3)c12. The van der Waals surface area contributed by atoms with Crippen molar-refractivity contribution in [3.63, 3.8) is 0 Å². The second kappa shape index (κ2) is 14.7. The summed E-state index contributed by atoms with van der Waals surface area (Å²) < 4.78 is 11.7. The number of para-hydroxylation sites is 5. The van der Waals surface area contributed by atoms with Crippen LogP contribution < -0.4 is 0 Å². The van der Waals surface area contributed by atoms with Crippen LogP contribution >= 0.6 is 0 Å². The summed E-state index contributed by atoms with van der Waals surface area (Å²) in [4.78, 5) is 11.6. The fraction of sp³-hybridized carbons (Fsp3) is 0.0645. The summed E-state index contributed by atoms with van der Waals surface area (Å²) in [5.74, 6) is 0.671. The maximum Gasteiger partial charge on any atom is 0.155 e. The molecule has 3 aromatic heterocycles. The van der Waals surface area contributed by atoms with E-state index in [2.05, 4.69) is 222 Å². The average Bonchev–Trinajstić information content (AvgIpc) is 4.05. The molecule has 0 fully saturated rings. The Kier molecular flexibility index (Phi) is 8.32. The quantitative estimate of drug-likeness (QED) is 0.164. The lowest BCUT2D eigenvalue weighted by atomic mass is 9.82. The molecule has 10 aromatic carbocycles. The Morgan fingerprint density at radius 1 is 0.463 bits per heavy atom. The van der Waals surface area contributed by atoms with Crippen LogP contribution in [0.2, 0.25) is 0 Å². The molecule has 0 bridgehead atoms. The van der Waals surface area contributed by atoms with Gasteiger partial charge < -0.3 is 13.6 Å². The molecule has 5 nitrogen and oxygen atoms in total. The van der Waals surface area contributed by atoms with E-state index in [1.54, 1.807) is 0 Å². The molecular weight excluding hydrogens is 817 g/mol. The van der Waals surface area contributed by atoms with Crippen molar-refractivity contribution in [3.05, 3.63) is 229 Å². The number of fused-ring (bicyclic) bond motifs is 11. The van der Waals surface area contributed by atoms with Gasteiger partial charge in [0.1, 0.15) is 11.2 Å². The summed E-state index contributed by atoms with van der Waals surface area (Å²) in [5, 5.41) is 11.8. The number of nitrogens with zero attached hydrogens (tertiary/aromatic N) is 4. The molecule has 2 atom stereocenters. The van der Waals surface area contributed by atoms with Gasteiger partial charge in [-0.15, -0.1) is 0 Å². The molecule has 0 saturated carbocycles. The first-order valence-corrected chi connectivity index (χ1v) is 23.3. The maximum absolute atomic E-state index is 6.87. The van der Waals surface area contributed by atoms with Crippen LogP contribution in [0.15, 0.2) is 227 Å². The molecule has 0 saturated heterocycles.